The molecule has 0 unspecified atom stereocenters. The van der Waals surface area contributed by atoms with Crippen LogP contribution in [0.5, 0.6) is 0 Å². The van der Waals surface area contributed by atoms with Crippen LogP contribution in [0.15, 0.2) is 9.21 Å². The minimum atomic E-state index is -0.0654. The molecule has 0 amide bonds. The molecule has 0 atom stereocenters. The van der Waals surface area contributed by atoms with E-state index in [1.807, 2.05) is 0 Å². The fourth-order valence-electron chi connectivity index (χ4n) is 2.27. The minimum Gasteiger partial charge on any atom is -0.442 e. The molecule has 3 rings (SSSR count). The van der Waals surface area contributed by atoms with Crippen molar-refractivity contribution in [2.24, 2.45) is 0 Å². The van der Waals surface area contributed by atoms with Gasteiger partial charge in [-0.2, -0.15) is 4.98 Å². The first-order valence-electron chi connectivity index (χ1n) is 5.27. The number of aromatic nitrogens is 2. The second-order valence-electron chi connectivity index (χ2n) is 4.04. The van der Waals surface area contributed by atoms with Gasteiger partial charge in [-0.3, -0.25) is 4.79 Å². The molecule has 0 saturated heterocycles. The summed E-state index contributed by atoms with van der Waals surface area (Å²) < 4.78 is 5.62. The minimum absolute atomic E-state index is 0.0654. The normalized spacial score (nSPS) is 15.5. The summed E-state index contributed by atoms with van der Waals surface area (Å²) in [5.41, 5.74) is 1.51. The van der Waals surface area contributed by atoms with E-state index < -0.39 is 0 Å². The van der Waals surface area contributed by atoms with Crippen molar-refractivity contribution >= 4 is 11.1 Å². The molecule has 78 valence electrons. The number of nitrogens with zero attached hydrogens (tertiary/aromatic N) is 1. The number of hydrogen-bond donors (Lipinski definition) is 1. The summed E-state index contributed by atoms with van der Waals surface area (Å²) in [7, 11) is 0. The second-order valence-corrected chi connectivity index (χ2v) is 4.04. The molecular weight excluding hydrogens is 192 g/mol. The summed E-state index contributed by atoms with van der Waals surface area (Å²) in [5, 5.41) is 0.662. The van der Waals surface area contributed by atoms with Gasteiger partial charge in [-0.05, 0) is 26.2 Å². The Morgan fingerprint density at radius 3 is 3.00 bits per heavy atom. The summed E-state index contributed by atoms with van der Waals surface area (Å²) in [4.78, 5) is 18.7. The van der Waals surface area contributed by atoms with Crippen molar-refractivity contribution in [1.29, 1.82) is 0 Å². The lowest BCUT2D eigenvalue weighted by molar-refractivity contribution is 0.499. The quantitative estimate of drug-likeness (QED) is 0.710. The Morgan fingerprint density at radius 1 is 1.33 bits per heavy atom. The predicted octanol–water partition coefficient (Wildman–Crippen LogP) is 1.70. The van der Waals surface area contributed by atoms with Crippen molar-refractivity contribution in [3.05, 3.63) is 27.5 Å². The van der Waals surface area contributed by atoms with Gasteiger partial charge < -0.3 is 9.40 Å². The lowest BCUT2D eigenvalue weighted by Crippen LogP contribution is -2.11. The average molecular weight is 204 g/mol. The van der Waals surface area contributed by atoms with Crippen LogP contribution in [0.2, 0.25) is 0 Å². The van der Waals surface area contributed by atoms with E-state index in [2.05, 4.69) is 9.97 Å². The smallest absolute Gasteiger partial charge is 0.262 e. The first kappa shape index (κ1) is 8.71. The molecule has 0 saturated carbocycles. The van der Waals surface area contributed by atoms with E-state index in [9.17, 15) is 4.79 Å². The van der Waals surface area contributed by atoms with Gasteiger partial charge in [0.1, 0.15) is 17.0 Å². The molecule has 0 aromatic carbocycles. The number of aryl methyl sites for hydroxylation is 3. The highest BCUT2D eigenvalue weighted by molar-refractivity contribution is 5.78. The molecule has 0 radical (unpaired) electrons. The Balaban J connectivity index is 2.42. The Kier molecular flexibility index (Phi) is 1.71. The van der Waals surface area contributed by atoms with E-state index in [0.29, 0.717) is 16.9 Å². The number of aromatic amines is 1. The van der Waals surface area contributed by atoms with E-state index >= 15 is 0 Å². The lowest BCUT2D eigenvalue weighted by Gasteiger charge is -2.07. The van der Waals surface area contributed by atoms with Gasteiger partial charge in [0.25, 0.3) is 5.56 Å². The van der Waals surface area contributed by atoms with Crippen LogP contribution in [0.1, 0.15) is 30.0 Å². The van der Waals surface area contributed by atoms with Gasteiger partial charge in [0.05, 0.1) is 0 Å². The Labute approximate surface area is 86.3 Å². The highest BCUT2D eigenvalue weighted by Gasteiger charge is 2.20. The Hall–Kier alpha value is -1.58. The third-order valence-electron chi connectivity index (χ3n) is 2.94. The predicted molar refractivity (Wildman–Crippen MR) is 56.0 cm³/mol. The lowest BCUT2D eigenvalue weighted by atomic mass is 9.97. The molecule has 1 N–H and O–H groups in total. The zero-order chi connectivity index (χ0) is 10.4. The van der Waals surface area contributed by atoms with E-state index in [-0.39, 0.29) is 5.56 Å². The zero-order valence-electron chi connectivity index (χ0n) is 8.59. The summed E-state index contributed by atoms with van der Waals surface area (Å²) in [6.45, 7) is 1.77. The molecule has 0 aliphatic heterocycles. The maximum atomic E-state index is 11.8. The third kappa shape index (κ3) is 1.21. The van der Waals surface area contributed by atoms with Crippen LogP contribution in [0, 0.1) is 6.92 Å². The average Bonchev–Trinajstić information content (AvgIpc) is 2.54. The van der Waals surface area contributed by atoms with Crippen molar-refractivity contribution in [1.82, 2.24) is 9.97 Å². The fraction of sp³-hybridized carbons (Fsp3) is 0.455. The van der Waals surface area contributed by atoms with Crippen LogP contribution in [0.4, 0.5) is 0 Å². The van der Waals surface area contributed by atoms with Crippen LogP contribution >= 0.6 is 0 Å². The van der Waals surface area contributed by atoms with Crippen molar-refractivity contribution in [3.8, 4) is 0 Å². The van der Waals surface area contributed by atoms with Gasteiger partial charge in [-0.1, -0.05) is 0 Å². The van der Waals surface area contributed by atoms with Gasteiger partial charge in [0.15, 0.2) is 0 Å². The topological polar surface area (TPSA) is 58.9 Å². The highest BCUT2D eigenvalue weighted by atomic mass is 16.3. The molecule has 2 heterocycles. The van der Waals surface area contributed by atoms with Gasteiger partial charge in [-0.25, -0.2) is 0 Å². The van der Waals surface area contributed by atoms with Gasteiger partial charge in [0, 0.05) is 12.0 Å². The number of nitrogens with one attached hydrogen (secondary N) is 1. The molecule has 1 aliphatic rings. The van der Waals surface area contributed by atoms with Gasteiger partial charge in [0.2, 0.25) is 5.71 Å². The van der Waals surface area contributed by atoms with E-state index in [0.717, 1.165) is 37.0 Å². The third-order valence-corrected chi connectivity index (χ3v) is 2.94. The number of H-pyrrole nitrogens is 1. The number of hydrogen-bond acceptors (Lipinski definition) is 3. The first-order chi connectivity index (χ1) is 7.25. The monoisotopic (exact) mass is 204 g/mol. The SMILES string of the molecule is Cc1nc2oc3c(c2c(=O)[nH]1)CCCC3. The maximum absolute atomic E-state index is 11.8. The summed E-state index contributed by atoms with van der Waals surface area (Å²) in [6, 6.07) is 0. The molecule has 0 spiro atoms. The standard InChI is InChI=1S/C11H12N2O2/c1-6-12-10(14)9-7-4-2-3-5-8(7)15-11(9)13-6/h2-5H2,1H3,(H,12,13,14). The summed E-state index contributed by atoms with van der Waals surface area (Å²) in [5.74, 6) is 1.57. The molecule has 15 heavy (non-hydrogen) atoms. The van der Waals surface area contributed by atoms with E-state index in [4.69, 9.17) is 4.42 Å². The fourth-order valence-corrected chi connectivity index (χ4v) is 2.27. The van der Waals surface area contributed by atoms with Crippen LogP contribution < -0.4 is 5.56 Å². The van der Waals surface area contributed by atoms with E-state index in [1.165, 1.54) is 0 Å². The highest BCUT2D eigenvalue weighted by Crippen LogP contribution is 2.28. The number of fused-ring (bicyclic) bond motifs is 3. The molecular formula is C11H12N2O2. The van der Waals surface area contributed by atoms with Crippen LogP contribution in [-0.4, -0.2) is 9.97 Å². The Morgan fingerprint density at radius 2 is 2.13 bits per heavy atom. The van der Waals surface area contributed by atoms with Crippen LogP contribution in [-0.2, 0) is 12.8 Å². The molecule has 0 bridgehead atoms. The van der Waals surface area contributed by atoms with Gasteiger partial charge in [-0.15, -0.1) is 0 Å². The van der Waals surface area contributed by atoms with Crippen molar-refractivity contribution in [3.63, 3.8) is 0 Å². The van der Waals surface area contributed by atoms with Gasteiger partial charge >= 0.3 is 0 Å². The number of furan rings is 1. The first-order valence-corrected chi connectivity index (χ1v) is 5.27. The Bertz CT molecular complexity index is 580. The second kappa shape index (κ2) is 2.95. The molecule has 1 aliphatic carbocycles. The van der Waals surface area contributed by atoms with E-state index in [1.54, 1.807) is 6.92 Å². The van der Waals surface area contributed by atoms with Crippen LogP contribution in [0.25, 0.3) is 11.1 Å². The summed E-state index contributed by atoms with van der Waals surface area (Å²) in [6.07, 6.45) is 4.15. The summed E-state index contributed by atoms with van der Waals surface area (Å²) >= 11 is 0. The van der Waals surface area contributed by atoms with Crippen molar-refractivity contribution in [2.75, 3.05) is 0 Å². The molecule has 4 heteroatoms. The molecule has 2 aromatic heterocycles. The molecule has 4 nitrogen and oxygen atoms in total. The van der Waals surface area contributed by atoms with Crippen molar-refractivity contribution in [2.45, 2.75) is 32.6 Å². The molecule has 2 aromatic rings. The van der Waals surface area contributed by atoms with Crippen molar-refractivity contribution < 1.29 is 4.42 Å². The maximum Gasteiger partial charge on any atom is 0.262 e. The zero-order valence-corrected chi connectivity index (χ0v) is 8.59. The largest absolute Gasteiger partial charge is 0.442 e. The molecule has 0 fully saturated rings. The van der Waals surface area contributed by atoms with Crippen LogP contribution in [0.3, 0.4) is 0 Å². The number of rotatable bonds is 0.